The summed E-state index contributed by atoms with van der Waals surface area (Å²) in [6.07, 6.45) is 0.106. The molecule has 94 valence electrons. The van der Waals surface area contributed by atoms with Gasteiger partial charge in [0, 0.05) is 6.54 Å². The van der Waals surface area contributed by atoms with Gasteiger partial charge in [-0.15, -0.1) is 10.1 Å². The Balaban J connectivity index is 3.45. The van der Waals surface area contributed by atoms with E-state index in [1.807, 2.05) is 0 Å². The maximum Gasteiger partial charge on any atom is 0.294 e. The van der Waals surface area contributed by atoms with E-state index in [4.69, 9.17) is 10.8 Å². The molecular weight excluding hydrogens is 218 g/mol. The van der Waals surface area contributed by atoms with Crippen LogP contribution >= 0.6 is 0 Å². The highest BCUT2D eigenvalue weighted by Gasteiger charge is 2.17. The van der Waals surface area contributed by atoms with Gasteiger partial charge in [0.25, 0.3) is 5.09 Å². The van der Waals surface area contributed by atoms with Crippen LogP contribution in [-0.2, 0) is 9.63 Å². The predicted octanol–water partition coefficient (Wildman–Crippen LogP) is -1.20. The summed E-state index contributed by atoms with van der Waals surface area (Å²) in [5.74, 6) is -0.440. The molecule has 0 aliphatic rings. The van der Waals surface area contributed by atoms with Crippen LogP contribution in [0, 0.1) is 10.1 Å². The highest BCUT2D eigenvalue weighted by molar-refractivity contribution is 5.81. The van der Waals surface area contributed by atoms with E-state index in [1.165, 1.54) is 6.92 Å². The molecule has 0 saturated carbocycles. The number of nitrogens with two attached hydrogens (primary N) is 1. The fraction of sp³-hybridized carbons (Fsp3) is 0.875. The normalized spacial score (nSPS) is 13.9. The van der Waals surface area contributed by atoms with Crippen LogP contribution < -0.4 is 11.1 Å². The fourth-order valence-corrected chi connectivity index (χ4v) is 0.915. The van der Waals surface area contributed by atoms with E-state index in [-0.39, 0.29) is 6.61 Å². The first kappa shape index (κ1) is 14.6. The first-order chi connectivity index (χ1) is 7.45. The van der Waals surface area contributed by atoms with Crippen LogP contribution in [0.3, 0.4) is 0 Å². The summed E-state index contributed by atoms with van der Waals surface area (Å²) in [4.78, 5) is 25.0. The average molecular weight is 235 g/mol. The van der Waals surface area contributed by atoms with Crippen LogP contribution in [-0.4, -0.2) is 41.4 Å². The van der Waals surface area contributed by atoms with Crippen LogP contribution in [0.1, 0.15) is 19.8 Å². The summed E-state index contributed by atoms with van der Waals surface area (Å²) >= 11 is 0. The molecule has 4 N–H and O–H groups in total. The summed E-state index contributed by atoms with van der Waals surface area (Å²) in [7, 11) is 0. The number of carbonyl (C=O) groups excluding carboxylic acids is 1. The molecule has 1 amide bonds. The number of hydrogen-bond acceptors (Lipinski definition) is 6. The van der Waals surface area contributed by atoms with Crippen molar-refractivity contribution >= 4 is 5.91 Å². The number of aliphatic hydroxyl groups is 1. The van der Waals surface area contributed by atoms with E-state index in [0.717, 1.165) is 0 Å². The molecule has 0 aromatic carbocycles. The Morgan fingerprint density at radius 1 is 1.62 bits per heavy atom. The molecular formula is C8H17N3O5. The first-order valence-electron chi connectivity index (χ1n) is 4.93. The Morgan fingerprint density at radius 2 is 2.25 bits per heavy atom. The van der Waals surface area contributed by atoms with Crippen LogP contribution in [0.2, 0.25) is 0 Å². The van der Waals surface area contributed by atoms with E-state index < -0.39 is 23.1 Å². The number of carbonyl (C=O) groups is 1. The summed E-state index contributed by atoms with van der Waals surface area (Å²) < 4.78 is 0. The third-order valence-electron chi connectivity index (χ3n) is 1.89. The molecule has 0 spiro atoms. The molecule has 8 nitrogen and oxygen atoms in total. The third-order valence-corrected chi connectivity index (χ3v) is 1.89. The molecule has 0 aromatic heterocycles. The summed E-state index contributed by atoms with van der Waals surface area (Å²) in [5.41, 5.74) is 5.36. The topological polar surface area (TPSA) is 128 Å². The minimum atomic E-state index is -0.949. The Bertz CT molecular complexity index is 234. The number of nitrogens with zero attached hydrogens (tertiary/aromatic N) is 1. The van der Waals surface area contributed by atoms with Crippen molar-refractivity contribution in [2.24, 2.45) is 5.73 Å². The number of rotatable bonds is 8. The number of hydrogen-bond donors (Lipinski definition) is 3. The van der Waals surface area contributed by atoms with E-state index in [1.54, 1.807) is 0 Å². The van der Waals surface area contributed by atoms with Crippen molar-refractivity contribution in [3.63, 3.8) is 0 Å². The zero-order valence-corrected chi connectivity index (χ0v) is 9.09. The summed E-state index contributed by atoms with van der Waals surface area (Å²) in [6.45, 7) is 1.78. The highest BCUT2D eigenvalue weighted by atomic mass is 16.9. The maximum atomic E-state index is 11.2. The Hall–Kier alpha value is -1.41. The van der Waals surface area contributed by atoms with Gasteiger partial charge in [0.05, 0.1) is 12.7 Å². The van der Waals surface area contributed by atoms with Crippen LogP contribution in [0.5, 0.6) is 0 Å². The lowest BCUT2D eigenvalue weighted by atomic mass is 10.2. The molecule has 0 radical (unpaired) electrons. The van der Waals surface area contributed by atoms with E-state index in [9.17, 15) is 14.9 Å². The van der Waals surface area contributed by atoms with Gasteiger partial charge in [0.2, 0.25) is 5.91 Å². The van der Waals surface area contributed by atoms with Crippen LogP contribution in [0.25, 0.3) is 0 Å². The van der Waals surface area contributed by atoms with Crippen molar-refractivity contribution < 1.29 is 19.8 Å². The van der Waals surface area contributed by atoms with Crippen molar-refractivity contribution in [2.75, 3.05) is 13.2 Å². The summed E-state index contributed by atoms with van der Waals surface area (Å²) in [6, 6.07) is -0.949. The van der Waals surface area contributed by atoms with E-state index in [0.29, 0.717) is 19.4 Å². The van der Waals surface area contributed by atoms with Gasteiger partial charge in [-0.05, 0) is 19.8 Å². The molecule has 16 heavy (non-hydrogen) atoms. The zero-order chi connectivity index (χ0) is 12.6. The summed E-state index contributed by atoms with van der Waals surface area (Å²) in [5, 5.41) is 20.4. The minimum Gasteiger partial charge on any atom is -0.391 e. The first-order valence-corrected chi connectivity index (χ1v) is 4.93. The maximum absolute atomic E-state index is 11.2. The minimum absolute atomic E-state index is 0.00528. The van der Waals surface area contributed by atoms with Gasteiger partial charge in [-0.1, -0.05) is 0 Å². The van der Waals surface area contributed by atoms with Crippen molar-refractivity contribution in [3.8, 4) is 0 Å². The molecule has 8 heteroatoms. The molecule has 0 aliphatic carbocycles. The predicted molar refractivity (Wildman–Crippen MR) is 54.8 cm³/mol. The largest absolute Gasteiger partial charge is 0.391 e. The van der Waals surface area contributed by atoms with Gasteiger partial charge in [-0.3, -0.25) is 4.79 Å². The van der Waals surface area contributed by atoms with E-state index >= 15 is 0 Å². The molecule has 0 saturated heterocycles. The fourth-order valence-electron chi connectivity index (χ4n) is 0.915. The SMILES string of the molecule is CC(O)C(N)C(=O)NCCCCO[N+](=O)[O-]. The lowest BCUT2D eigenvalue weighted by molar-refractivity contribution is -0.757. The number of aliphatic hydroxyl groups excluding tert-OH is 1. The third kappa shape index (κ3) is 6.96. The second-order valence-electron chi connectivity index (χ2n) is 3.32. The van der Waals surface area contributed by atoms with Gasteiger partial charge in [0.15, 0.2) is 0 Å². The number of nitrogens with one attached hydrogen (secondary N) is 1. The monoisotopic (exact) mass is 235 g/mol. The zero-order valence-electron chi connectivity index (χ0n) is 9.09. The Kier molecular flexibility index (Phi) is 7.14. The van der Waals surface area contributed by atoms with Gasteiger partial charge in [-0.2, -0.15) is 0 Å². The highest BCUT2D eigenvalue weighted by Crippen LogP contribution is 1.91. The standard InChI is InChI=1S/C8H17N3O5/c1-6(12)7(9)8(13)10-4-2-3-5-16-11(14)15/h6-7,12H,2-5,9H2,1H3,(H,10,13). The number of amides is 1. The van der Waals surface area contributed by atoms with E-state index in [2.05, 4.69) is 10.2 Å². The second-order valence-corrected chi connectivity index (χ2v) is 3.32. The van der Waals surface area contributed by atoms with Crippen molar-refractivity contribution in [1.29, 1.82) is 0 Å². The molecule has 0 aromatic rings. The molecule has 2 unspecified atom stereocenters. The molecule has 0 fully saturated rings. The Morgan fingerprint density at radius 3 is 2.75 bits per heavy atom. The van der Waals surface area contributed by atoms with Crippen LogP contribution in [0.15, 0.2) is 0 Å². The van der Waals surface area contributed by atoms with Crippen molar-refractivity contribution in [2.45, 2.75) is 31.9 Å². The quantitative estimate of drug-likeness (QED) is 0.275. The molecule has 2 atom stereocenters. The average Bonchev–Trinajstić information content (AvgIpc) is 2.21. The lowest BCUT2D eigenvalue weighted by Crippen LogP contribution is -2.47. The molecule has 0 aliphatic heterocycles. The van der Waals surface area contributed by atoms with Crippen molar-refractivity contribution in [3.05, 3.63) is 10.1 Å². The second kappa shape index (κ2) is 7.83. The lowest BCUT2D eigenvalue weighted by Gasteiger charge is -2.14. The van der Waals surface area contributed by atoms with Gasteiger partial charge < -0.3 is 21.0 Å². The van der Waals surface area contributed by atoms with Gasteiger partial charge >= 0.3 is 0 Å². The van der Waals surface area contributed by atoms with Gasteiger partial charge in [0.1, 0.15) is 6.04 Å². The van der Waals surface area contributed by atoms with Crippen LogP contribution in [0.4, 0.5) is 0 Å². The Labute approximate surface area is 92.9 Å². The number of unbranched alkanes of at least 4 members (excludes halogenated alkanes) is 1. The van der Waals surface area contributed by atoms with Crippen molar-refractivity contribution in [1.82, 2.24) is 5.32 Å². The molecule has 0 bridgehead atoms. The molecule has 0 rings (SSSR count). The molecule has 0 heterocycles. The smallest absolute Gasteiger partial charge is 0.294 e. The van der Waals surface area contributed by atoms with Gasteiger partial charge in [-0.25, -0.2) is 0 Å².